The first-order valence-electron chi connectivity index (χ1n) is 8.85. The molecule has 0 spiro atoms. The molecule has 5 heteroatoms. The summed E-state index contributed by atoms with van der Waals surface area (Å²) in [5.74, 6) is -0.108. The molecule has 1 fully saturated rings. The van der Waals surface area contributed by atoms with Gasteiger partial charge in [0.25, 0.3) is 0 Å². The maximum absolute atomic E-state index is 12.5. The minimum atomic E-state index is -0.737. The Labute approximate surface area is 144 Å². The average molecular weight is 332 g/mol. The first kappa shape index (κ1) is 18.5. The van der Waals surface area contributed by atoms with Crippen LogP contribution >= 0.6 is 0 Å². The van der Waals surface area contributed by atoms with Crippen LogP contribution in [-0.2, 0) is 9.59 Å². The number of benzene rings is 1. The van der Waals surface area contributed by atoms with Crippen LogP contribution in [0.15, 0.2) is 24.3 Å². The third-order valence-corrected chi connectivity index (χ3v) is 4.61. The molecule has 0 saturated carbocycles. The predicted molar refractivity (Wildman–Crippen MR) is 93.4 cm³/mol. The van der Waals surface area contributed by atoms with E-state index in [1.807, 2.05) is 38.1 Å². The summed E-state index contributed by atoms with van der Waals surface area (Å²) in [6.45, 7) is 4.72. The molecule has 0 aliphatic carbocycles. The molecule has 1 aliphatic heterocycles. The van der Waals surface area contributed by atoms with E-state index in [2.05, 4.69) is 5.32 Å². The van der Waals surface area contributed by atoms with Crippen molar-refractivity contribution in [1.29, 1.82) is 0 Å². The molecule has 1 aromatic rings. The summed E-state index contributed by atoms with van der Waals surface area (Å²) in [6, 6.07) is 7.20. The van der Waals surface area contributed by atoms with Gasteiger partial charge in [0, 0.05) is 19.5 Å². The van der Waals surface area contributed by atoms with Crippen LogP contribution in [0.5, 0.6) is 0 Å². The van der Waals surface area contributed by atoms with Gasteiger partial charge in [-0.15, -0.1) is 0 Å². The molecular formula is C19H28N2O3. The van der Waals surface area contributed by atoms with E-state index in [-0.39, 0.29) is 18.4 Å². The molecule has 1 aliphatic rings. The average Bonchev–Trinajstić information content (AvgIpc) is 2.60. The molecule has 2 amide bonds. The van der Waals surface area contributed by atoms with Gasteiger partial charge in [-0.2, -0.15) is 0 Å². The van der Waals surface area contributed by atoms with Crippen molar-refractivity contribution in [3.63, 3.8) is 0 Å². The van der Waals surface area contributed by atoms with Gasteiger partial charge in [0.05, 0.1) is 6.10 Å². The summed E-state index contributed by atoms with van der Waals surface area (Å²) in [5.41, 5.74) is 1.82. The first-order valence-corrected chi connectivity index (χ1v) is 8.85. The van der Waals surface area contributed by atoms with Crippen molar-refractivity contribution in [2.24, 2.45) is 0 Å². The number of hydrogen-bond acceptors (Lipinski definition) is 3. The zero-order valence-electron chi connectivity index (χ0n) is 14.6. The highest BCUT2D eigenvalue weighted by Gasteiger charge is 2.31. The van der Waals surface area contributed by atoms with Gasteiger partial charge in [0.1, 0.15) is 6.04 Å². The van der Waals surface area contributed by atoms with Crippen LogP contribution in [0.4, 0.5) is 0 Å². The molecule has 0 radical (unpaired) electrons. The predicted octanol–water partition coefficient (Wildman–Crippen LogP) is 2.33. The lowest BCUT2D eigenvalue weighted by atomic mass is 10.00. The molecule has 24 heavy (non-hydrogen) atoms. The molecule has 1 aromatic carbocycles. The molecule has 2 unspecified atom stereocenters. The molecule has 2 rings (SSSR count). The van der Waals surface area contributed by atoms with Gasteiger partial charge in [-0.1, -0.05) is 31.2 Å². The Morgan fingerprint density at radius 2 is 2.08 bits per heavy atom. The third-order valence-electron chi connectivity index (χ3n) is 4.61. The van der Waals surface area contributed by atoms with Crippen molar-refractivity contribution in [2.45, 2.75) is 58.1 Å². The van der Waals surface area contributed by atoms with E-state index < -0.39 is 12.1 Å². The summed E-state index contributed by atoms with van der Waals surface area (Å²) < 4.78 is 0. The van der Waals surface area contributed by atoms with Gasteiger partial charge in [0.15, 0.2) is 0 Å². The number of hydrogen-bond donors (Lipinski definition) is 2. The number of aryl methyl sites for hydroxylation is 1. The fourth-order valence-corrected chi connectivity index (χ4v) is 3.25. The van der Waals surface area contributed by atoms with Crippen molar-refractivity contribution in [1.82, 2.24) is 10.2 Å². The number of rotatable bonds is 6. The number of amides is 2. The second-order valence-corrected chi connectivity index (χ2v) is 6.47. The third kappa shape index (κ3) is 4.57. The molecule has 2 atom stereocenters. The largest absolute Gasteiger partial charge is 0.387 e. The SMILES string of the molecule is CCCC(=O)N1CCCCC1C(=O)NCC(O)c1ccccc1C. The van der Waals surface area contributed by atoms with Crippen LogP contribution in [0.25, 0.3) is 0 Å². The number of carbonyl (C=O) groups excluding carboxylic acids is 2. The second-order valence-electron chi connectivity index (χ2n) is 6.47. The Kier molecular flexibility index (Phi) is 6.79. The fraction of sp³-hybridized carbons (Fsp3) is 0.579. The Morgan fingerprint density at radius 3 is 2.79 bits per heavy atom. The minimum Gasteiger partial charge on any atom is -0.387 e. The van der Waals surface area contributed by atoms with Crippen LogP contribution in [0.3, 0.4) is 0 Å². The van der Waals surface area contributed by atoms with Crippen LogP contribution in [0, 0.1) is 6.92 Å². The van der Waals surface area contributed by atoms with Crippen LogP contribution < -0.4 is 5.32 Å². The van der Waals surface area contributed by atoms with Crippen molar-refractivity contribution in [3.05, 3.63) is 35.4 Å². The lowest BCUT2D eigenvalue weighted by Crippen LogP contribution is -2.52. The summed E-state index contributed by atoms with van der Waals surface area (Å²) in [7, 11) is 0. The van der Waals surface area contributed by atoms with E-state index in [1.54, 1.807) is 4.90 Å². The smallest absolute Gasteiger partial charge is 0.242 e. The monoisotopic (exact) mass is 332 g/mol. The molecule has 1 heterocycles. The number of nitrogens with zero attached hydrogens (tertiary/aromatic N) is 1. The van der Waals surface area contributed by atoms with Crippen molar-refractivity contribution < 1.29 is 14.7 Å². The molecule has 5 nitrogen and oxygen atoms in total. The molecule has 132 valence electrons. The Balaban J connectivity index is 1.95. The fourth-order valence-electron chi connectivity index (χ4n) is 3.25. The standard InChI is InChI=1S/C19H28N2O3/c1-3-8-18(23)21-12-7-6-11-16(21)19(24)20-13-17(22)15-10-5-4-9-14(15)2/h4-5,9-10,16-17,22H,3,6-8,11-13H2,1-2H3,(H,20,24). The van der Waals surface area contributed by atoms with Crippen molar-refractivity contribution in [2.75, 3.05) is 13.1 Å². The topological polar surface area (TPSA) is 69.6 Å². The molecule has 0 aromatic heterocycles. The Bertz CT molecular complexity index is 573. The van der Waals surface area contributed by atoms with Crippen molar-refractivity contribution in [3.8, 4) is 0 Å². The van der Waals surface area contributed by atoms with E-state index in [0.29, 0.717) is 19.4 Å². The Morgan fingerprint density at radius 1 is 1.33 bits per heavy atom. The summed E-state index contributed by atoms with van der Waals surface area (Å²) in [4.78, 5) is 26.4. The maximum Gasteiger partial charge on any atom is 0.242 e. The number of likely N-dealkylation sites (tertiary alicyclic amines) is 1. The van der Waals surface area contributed by atoms with E-state index in [4.69, 9.17) is 0 Å². The lowest BCUT2D eigenvalue weighted by Gasteiger charge is -2.35. The van der Waals surface area contributed by atoms with Gasteiger partial charge in [-0.05, 0) is 43.7 Å². The maximum atomic E-state index is 12.5. The van der Waals surface area contributed by atoms with Gasteiger partial charge in [-0.3, -0.25) is 9.59 Å². The van der Waals surface area contributed by atoms with E-state index in [0.717, 1.165) is 30.4 Å². The van der Waals surface area contributed by atoms with Crippen LogP contribution in [0.2, 0.25) is 0 Å². The van der Waals surface area contributed by atoms with Gasteiger partial charge in [-0.25, -0.2) is 0 Å². The highest BCUT2D eigenvalue weighted by atomic mass is 16.3. The number of carbonyl (C=O) groups is 2. The number of aliphatic hydroxyl groups excluding tert-OH is 1. The van der Waals surface area contributed by atoms with E-state index >= 15 is 0 Å². The van der Waals surface area contributed by atoms with Gasteiger partial charge < -0.3 is 15.3 Å². The van der Waals surface area contributed by atoms with Crippen LogP contribution in [0.1, 0.15) is 56.3 Å². The Hall–Kier alpha value is -1.88. The van der Waals surface area contributed by atoms with E-state index in [1.165, 1.54) is 0 Å². The van der Waals surface area contributed by atoms with Gasteiger partial charge >= 0.3 is 0 Å². The molecule has 0 bridgehead atoms. The zero-order valence-corrected chi connectivity index (χ0v) is 14.6. The minimum absolute atomic E-state index is 0.0526. The van der Waals surface area contributed by atoms with E-state index in [9.17, 15) is 14.7 Å². The summed E-state index contributed by atoms with van der Waals surface area (Å²) in [6.07, 6.45) is 3.13. The molecule has 2 N–H and O–H groups in total. The zero-order chi connectivity index (χ0) is 17.5. The number of aliphatic hydroxyl groups is 1. The van der Waals surface area contributed by atoms with Crippen molar-refractivity contribution >= 4 is 11.8 Å². The second kappa shape index (κ2) is 8.83. The lowest BCUT2D eigenvalue weighted by molar-refractivity contribution is -0.142. The number of nitrogens with one attached hydrogen (secondary N) is 1. The molecule has 1 saturated heterocycles. The highest BCUT2D eigenvalue weighted by Crippen LogP contribution is 2.20. The first-order chi connectivity index (χ1) is 11.5. The number of piperidine rings is 1. The summed E-state index contributed by atoms with van der Waals surface area (Å²) >= 11 is 0. The molecular weight excluding hydrogens is 304 g/mol. The van der Waals surface area contributed by atoms with Gasteiger partial charge in [0.2, 0.25) is 11.8 Å². The quantitative estimate of drug-likeness (QED) is 0.840. The van der Waals surface area contributed by atoms with Crippen LogP contribution in [-0.4, -0.2) is 41.0 Å². The highest BCUT2D eigenvalue weighted by molar-refractivity contribution is 5.87. The summed E-state index contributed by atoms with van der Waals surface area (Å²) in [5, 5.41) is 13.1. The normalized spacial score (nSPS) is 19.0.